The molecular formula is C24H23N3O3S. The molecule has 0 spiro atoms. The van der Waals surface area contributed by atoms with E-state index < -0.39 is 0 Å². The highest BCUT2D eigenvalue weighted by Gasteiger charge is 2.08. The lowest BCUT2D eigenvalue weighted by Crippen LogP contribution is -2.14. The zero-order chi connectivity index (χ0) is 22.2. The molecule has 0 saturated heterocycles. The number of anilines is 3. The highest BCUT2D eigenvalue weighted by molar-refractivity contribution is 8.00. The minimum absolute atomic E-state index is 0.147. The maximum Gasteiger partial charge on any atom is 0.255 e. The summed E-state index contributed by atoms with van der Waals surface area (Å²) in [5, 5.41) is 8.39. The minimum Gasteiger partial charge on any atom is -0.326 e. The summed E-state index contributed by atoms with van der Waals surface area (Å²) in [7, 11) is 0. The third-order valence-corrected chi connectivity index (χ3v) is 5.22. The van der Waals surface area contributed by atoms with Crippen molar-refractivity contribution in [3.8, 4) is 0 Å². The van der Waals surface area contributed by atoms with E-state index in [0.29, 0.717) is 22.6 Å². The molecule has 7 heteroatoms. The van der Waals surface area contributed by atoms with Crippen LogP contribution >= 0.6 is 11.8 Å². The van der Waals surface area contributed by atoms with E-state index in [2.05, 4.69) is 16.0 Å². The predicted octanol–water partition coefficient (Wildman–Crippen LogP) is 4.94. The van der Waals surface area contributed by atoms with Gasteiger partial charge in [-0.25, -0.2) is 0 Å². The number of nitrogens with one attached hydrogen (secondary N) is 3. The molecule has 0 atom stereocenters. The summed E-state index contributed by atoms with van der Waals surface area (Å²) in [5.74, 6) is -0.244. The van der Waals surface area contributed by atoms with Crippen LogP contribution in [0.4, 0.5) is 17.1 Å². The fraction of sp³-hybridized carbons (Fsp3) is 0.125. The third kappa shape index (κ3) is 7.01. The molecule has 3 N–H and O–H groups in total. The topological polar surface area (TPSA) is 87.3 Å². The van der Waals surface area contributed by atoms with Crippen molar-refractivity contribution in [2.24, 2.45) is 0 Å². The number of rotatable bonds is 7. The van der Waals surface area contributed by atoms with E-state index in [1.807, 2.05) is 49.4 Å². The van der Waals surface area contributed by atoms with Gasteiger partial charge in [-0.05, 0) is 61.5 Å². The zero-order valence-electron chi connectivity index (χ0n) is 17.3. The lowest BCUT2D eigenvalue weighted by Gasteiger charge is -2.09. The Morgan fingerprint density at radius 3 is 2.13 bits per heavy atom. The largest absolute Gasteiger partial charge is 0.326 e. The minimum atomic E-state index is -0.175. The van der Waals surface area contributed by atoms with Crippen LogP contribution < -0.4 is 16.0 Å². The molecule has 3 amide bonds. The van der Waals surface area contributed by atoms with E-state index in [1.165, 1.54) is 18.7 Å². The fourth-order valence-electron chi connectivity index (χ4n) is 2.84. The van der Waals surface area contributed by atoms with E-state index >= 15 is 0 Å². The number of carbonyl (C=O) groups is 3. The normalized spacial score (nSPS) is 10.3. The van der Waals surface area contributed by atoms with Crippen LogP contribution in [0, 0.1) is 6.92 Å². The van der Waals surface area contributed by atoms with Crippen LogP contribution in [-0.4, -0.2) is 23.5 Å². The first-order chi connectivity index (χ1) is 14.9. The Morgan fingerprint density at radius 1 is 0.774 bits per heavy atom. The van der Waals surface area contributed by atoms with Gasteiger partial charge in [0.25, 0.3) is 5.91 Å². The molecule has 0 aliphatic rings. The van der Waals surface area contributed by atoms with Gasteiger partial charge in [-0.2, -0.15) is 0 Å². The summed E-state index contributed by atoms with van der Waals surface area (Å²) in [6.07, 6.45) is 0. The smallest absolute Gasteiger partial charge is 0.255 e. The second-order valence-electron chi connectivity index (χ2n) is 6.95. The van der Waals surface area contributed by atoms with Gasteiger partial charge in [0.1, 0.15) is 0 Å². The number of aryl methyl sites for hydroxylation is 1. The Labute approximate surface area is 185 Å². The molecule has 0 radical (unpaired) electrons. The Bertz CT molecular complexity index is 1100. The number of hydrogen-bond donors (Lipinski definition) is 3. The van der Waals surface area contributed by atoms with E-state index in [4.69, 9.17) is 0 Å². The molecule has 3 aromatic carbocycles. The standard InChI is InChI=1S/C24H23N3O3S/c1-16-5-3-6-18(13-16)24(30)27-21-7-4-8-22(14-21)31-15-23(29)26-20-11-9-19(10-12-20)25-17(2)28/h3-14H,15H2,1-2H3,(H,25,28)(H,26,29)(H,27,30). The summed E-state index contributed by atoms with van der Waals surface area (Å²) in [6.45, 7) is 3.38. The van der Waals surface area contributed by atoms with Crippen LogP contribution in [0.1, 0.15) is 22.8 Å². The molecular weight excluding hydrogens is 410 g/mol. The molecule has 0 saturated carbocycles. The molecule has 0 unspecified atom stereocenters. The van der Waals surface area contributed by atoms with Crippen LogP contribution in [0.5, 0.6) is 0 Å². The summed E-state index contributed by atoms with van der Waals surface area (Å²) < 4.78 is 0. The second kappa shape index (κ2) is 10.4. The maximum absolute atomic E-state index is 12.4. The van der Waals surface area contributed by atoms with Crippen LogP contribution in [0.15, 0.2) is 77.7 Å². The predicted molar refractivity (Wildman–Crippen MR) is 126 cm³/mol. The average molecular weight is 434 g/mol. The van der Waals surface area contributed by atoms with Gasteiger partial charge in [-0.3, -0.25) is 14.4 Å². The highest BCUT2D eigenvalue weighted by atomic mass is 32.2. The number of hydrogen-bond acceptors (Lipinski definition) is 4. The molecule has 6 nitrogen and oxygen atoms in total. The Hall–Kier alpha value is -3.58. The Kier molecular flexibility index (Phi) is 7.45. The van der Waals surface area contributed by atoms with Crippen molar-refractivity contribution in [2.75, 3.05) is 21.7 Å². The molecule has 3 rings (SSSR count). The molecule has 3 aromatic rings. The second-order valence-corrected chi connectivity index (χ2v) is 8.00. The number of thioether (sulfide) groups is 1. The van der Waals surface area contributed by atoms with Crippen molar-refractivity contribution in [2.45, 2.75) is 18.7 Å². The van der Waals surface area contributed by atoms with Gasteiger partial charge in [-0.15, -0.1) is 11.8 Å². The lowest BCUT2D eigenvalue weighted by atomic mass is 10.1. The molecule has 0 aliphatic heterocycles. The lowest BCUT2D eigenvalue weighted by molar-refractivity contribution is -0.114. The van der Waals surface area contributed by atoms with E-state index in [9.17, 15) is 14.4 Å². The van der Waals surface area contributed by atoms with Crippen molar-refractivity contribution >= 4 is 46.5 Å². The Morgan fingerprint density at radius 2 is 1.45 bits per heavy atom. The third-order valence-electron chi connectivity index (χ3n) is 4.23. The number of carbonyl (C=O) groups excluding carboxylic acids is 3. The van der Waals surface area contributed by atoms with Crippen molar-refractivity contribution in [3.63, 3.8) is 0 Å². The zero-order valence-corrected chi connectivity index (χ0v) is 18.1. The average Bonchev–Trinajstić information content (AvgIpc) is 2.73. The molecule has 0 heterocycles. The van der Waals surface area contributed by atoms with Crippen LogP contribution in [0.25, 0.3) is 0 Å². The van der Waals surface area contributed by atoms with Crippen molar-refractivity contribution in [1.29, 1.82) is 0 Å². The SMILES string of the molecule is CC(=O)Nc1ccc(NC(=O)CSc2cccc(NC(=O)c3cccc(C)c3)c2)cc1. The highest BCUT2D eigenvalue weighted by Crippen LogP contribution is 2.23. The van der Waals surface area contributed by atoms with Gasteiger partial charge >= 0.3 is 0 Å². The molecule has 0 bridgehead atoms. The van der Waals surface area contributed by atoms with Crippen molar-refractivity contribution < 1.29 is 14.4 Å². The Balaban J connectivity index is 1.53. The summed E-state index contributed by atoms with van der Waals surface area (Å²) in [5.41, 5.74) is 3.61. The first-order valence-electron chi connectivity index (χ1n) is 9.67. The molecule has 0 aliphatic carbocycles. The first-order valence-corrected chi connectivity index (χ1v) is 10.7. The monoisotopic (exact) mass is 433 g/mol. The summed E-state index contributed by atoms with van der Waals surface area (Å²) in [4.78, 5) is 36.6. The molecule has 158 valence electrons. The van der Waals surface area contributed by atoms with Gasteiger partial charge < -0.3 is 16.0 Å². The van der Waals surface area contributed by atoms with Gasteiger partial charge in [0.05, 0.1) is 5.75 Å². The maximum atomic E-state index is 12.4. The van der Waals surface area contributed by atoms with Gasteiger partial charge in [0.2, 0.25) is 11.8 Å². The molecule has 0 fully saturated rings. The van der Waals surface area contributed by atoms with Gasteiger partial charge in [0.15, 0.2) is 0 Å². The van der Waals surface area contributed by atoms with Gasteiger partial charge in [0, 0.05) is 34.4 Å². The summed E-state index contributed by atoms with van der Waals surface area (Å²) >= 11 is 1.38. The summed E-state index contributed by atoms with van der Waals surface area (Å²) in [6, 6.07) is 21.7. The quantitative estimate of drug-likeness (QED) is 0.461. The molecule has 0 aromatic heterocycles. The van der Waals surface area contributed by atoms with E-state index in [1.54, 1.807) is 30.3 Å². The van der Waals surface area contributed by atoms with Crippen LogP contribution in [0.3, 0.4) is 0 Å². The number of amides is 3. The van der Waals surface area contributed by atoms with Crippen LogP contribution in [-0.2, 0) is 9.59 Å². The van der Waals surface area contributed by atoms with Crippen LogP contribution in [0.2, 0.25) is 0 Å². The first kappa shape index (κ1) is 22.1. The number of benzene rings is 3. The fourth-order valence-corrected chi connectivity index (χ4v) is 3.59. The van der Waals surface area contributed by atoms with Gasteiger partial charge in [-0.1, -0.05) is 23.8 Å². The van der Waals surface area contributed by atoms with Crippen molar-refractivity contribution in [1.82, 2.24) is 0 Å². The van der Waals surface area contributed by atoms with E-state index in [-0.39, 0.29) is 23.5 Å². The van der Waals surface area contributed by atoms with Crippen molar-refractivity contribution in [3.05, 3.63) is 83.9 Å². The van der Waals surface area contributed by atoms with E-state index in [0.717, 1.165) is 10.5 Å². The molecule has 31 heavy (non-hydrogen) atoms.